The maximum atomic E-state index is 13.4. The minimum absolute atomic E-state index is 0.00385. The summed E-state index contributed by atoms with van der Waals surface area (Å²) in [4.78, 5) is 37.1. The number of Topliss-reactive ketones (excluding diaryl/α,β-unsaturated/α-hetero) is 1. The summed E-state index contributed by atoms with van der Waals surface area (Å²) >= 11 is 0. The number of nitro groups is 1. The molecule has 162 valence electrons. The lowest BCUT2D eigenvalue weighted by atomic mass is 9.95. The molecule has 3 rings (SSSR count). The number of amides is 1. The van der Waals surface area contributed by atoms with Crippen LogP contribution in [0.3, 0.4) is 0 Å². The van der Waals surface area contributed by atoms with Gasteiger partial charge in [-0.15, -0.1) is 0 Å². The lowest BCUT2D eigenvalue weighted by Gasteiger charge is -2.25. The van der Waals surface area contributed by atoms with E-state index < -0.39 is 34.2 Å². The van der Waals surface area contributed by atoms with Crippen LogP contribution in [0.1, 0.15) is 17.2 Å². The van der Waals surface area contributed by atoms with Gasteiger partial charge in [0.05, 0.1) is 36.4 Å². The summed E-state index contributed by atoms with van der Waals surface area (Å²) in [7, 11) is 0. The molecular formula is C21H19FN2O7. The van der Waals surface area contributed by atoms with Gasteiger partial charge < -0.3 is 19.8 Å². The van der Waals surface area contributed by atoms with E-state index >= 15 is 0 Å². The number of hydrogen-bond donors (Lipinski definition) is 2. The Kier molecular flexibility index (Phi) is 6.73. The molecule has 9 nitrogen and oxygen atoms in total. The Morgan fingerprint density at radius 1 is 1.16 bits per heavy atom. The van der Waals surface area contributed by atoms with Gasteiger partial charge in [0.15, 0.2) is 0 Å². The Hall–Kier alpha value is -3.63. The maximum Gasteiger partial charge on any atom is 0.295 e. The van der Waals surface area contributed by atoms with Gasteiger partial charge in [-0.3, -0.25) is 19.7 Å². The van der Waals surface area contributed by atoms with Gasteiger partial charge >= 0.3 is 0 Å². The van der Waals surface area contributed by atoms with Crippen LogP contribution in [0.25, 0.3) is 5.76 Å². The van der Waals surface area contributed by atoms with E-state index in [4.69, 9.17) is 9.84 Å². The highest BCUT2D eigenvalue weighted by atomic mass is 19.1. The summed E-state index contributed by atoms with van der Waals surface area (Å²) < 4.78 is 18.6. The van der Waals surface area contributed by atoms with Crippen LogP contribution in [0.4, 0.5) is 10.1 Å². The van der Waals surface area contributed by atoms with Crippen LogP contribution in [0.15, 0.2) is 54.1 Å². The molecule has 2 aromatic carbocycles. The number of likely N-dealkylation sites (tertiary alicyclic amines) is 1. The van der Waals surface area contributed by atoms with Crippen molar-refractivity contribution in [2.24, 2.45) is 0 Å². The second-order valence-electron chi connectivity index (χ2n) is 6.69. The second kappa shape index (κ2) is 9.45. The number of rotatable bonds is 8. The molecule has 0 saturated carbocycles. The van der Waals surface area contributed by atoms with Gasteiger partial charge in [0.2, 0.25) is 0 Å². The van der Waals surface area contributed by atoms with Crippen LogP contribution in [-0.4, -0.2) is 58.1 Å². The van der Waals surface area contributed by atoms with Crippen LogP contribution < -0.4 is 0 Å². The minimum atomic E-state index is -1.04. The van der Waals surface area contributed by atoms with Gasteiger partial charge in [-0.05, 0) is 17.7 Å². The van der Waals surface area contributed by atoms with Crippen molar-refractivity contribution >= 4 is 23.1 Å². The summed E-state index contributed by atoms with van der Waals surface area (Å²) in [5.41, 5.74) is -0.196. The standard InChI is InChI=1S/C21H19FN2O7/c22-15-6-4-13(5-7-15)18-17(19(26)14-2-1-3-16(12-14)24(29)30)20(27)21(28)23(18)8-10-31-11-9-25/h1-7,12,18,25-26H,8-11H2/t18-/m1/s1. The first-order chi connectivity index (χ1) is 14.8. The van der Waals surface area contributed by atoms with Crippen molar-refractivity contribution in [1.82, 2.24) is 4.90 Å². The number of nitro benzene ring substituents is 1. The zero-order valence-corrected chi connectivity index (χ0v) is 16.2. The molecule has 2 N–H and O–H groups in total. The van der Waals surface area contributed by atoms with E-state index in [0.29, 0.717) is 5.56 Å². The van der Waals surface area contributed by atoms with Crippen molar-refractivity contribution in [3.8, 4) is 0 Å². The zero-order chi connectivity index (χ0) is 22.5. The molecule has 0 radical (unpaired) electrons. The Balaban J connectivity index is 2.09. The number of nitrogens with zero attached hydrogens (tertiary/aromatic N) is 2. The number of carbonyl (C=O) groups excluding carboxylic acids is 2. The summed E-state index contributed by atoms with van der Waals surface area (Å²) in [6.45, 7) is -0.188. The number of carbonyl (C=O) groups is 2. The molecule has 10 heteroatoms. The molecule has 0 spiro atoms. The van der Waals surface area contributed by atoms with Gasteiger partial charge in [-0.1, -0.05) is 24.3 Å². The predicted octanol–water partition coefficient (Wildman–Crippen LogP) is 2.16. The zero-order valence-electron chi connectivity index (χ0n) is 16.2. The first-order valence-electron chi connectivity index (χ1n) is 9.32. The molecule has 2 aromatic rings. The molecule has 1 amide bonds. The number of ketones is 1. The van der Waals surface area contributed by atoms with E-state index in [0.717, 1.165) is 18.2 Å². The number of hydrogen-bond acceptors (Lipinski definition) is 7. The van der Waals surface area contributed by atoms with Crippen molar-refractivity contribution in [2.75, 3.05) is 26.4 Å². The fourth-order valence-corrected chi connectivity index (χ4v) is 3.35. The second-order valence-corrected chi connectivity index (χ2v) is 6.69. The molecule has 0 aliphatic carbocycles. The number of ether oxygens (including phenoxy) is 1. The number of non-ortho nitro benzene ring substituents is 1. The molecular weight excluding hydrogens is 411 g/mol. The van der Waals surface area contributed by atoms with E-state index in [1.54, 1.807) is 0 Å². The van der Waals surface area contributed by atoms with Crippen LogP contribution in [-0.2, 0) is 14.3 Å². The minimum Gasteiger partial charge on any atom is -0.507 e. The monoisotopic (exact) mass is 430 g/mol. The fourth-order valence-electron chi connectivity index (χ4n) is 3.35. The highest BCUT2D eigenvalue weighted by Crippen LogP contribution is 2.39. The maximum absolute atomic E-state index is 13.4. The fraction of sp³-hybridized carbons (Fsp3) is 0.238. The SMILES string of the molecule is O=C1C(=O)N(CCOCCO)[C@H](c2ccc(F)cc2)C1=C(O)c1cccc([N+](=O)[O-])c1. The Bertz CT molecular complexity index is 1040. The quantitative estimate of drug-likeness (QED) is 0.164. The number of aliphatic hydroxyl groups is 2. The average molecular weight is 430 g/mol. The van der Waals surface area contributed by atoms with Crippen LogP contribution in [0.2, 0.25) is 0 Å². The molecule has 1 fully saturated rings. The molecule has 0 aromatic heterocycles. The van der Waals surface area contributed by atoms with E-state index in [1.165, 1.54) is 35.2 Å². The third-order valence-corrected chi connectivity index (χ3v) is 4.77. The van der Waals surface area contributed by atoms with Crippen molar-refractivity contribution in [1.29, 1.82) is 0 Å². The largest absolute Gasteiger partial charge is 0.507 e. The molecule has 1 atom stereocenters. The molecule has 31 heavy (non-hydrogen) atoms. The Morgan fingerprint density at radius 3 is 2.52 bits per heavy atom. The molecule has 0 bridgehead atoms. The van der Waals surface area contributed by atoms with E-state index in [2.05, 4.69) is 0 Å². The number of halogens is 1. The van der Waals surface area contributed by atoms with Gasteiger partial charge in [0, 0.05) is 24.2 Å². The molecule has 1 saturated heterocycles. The summed E-state index contributed by atoms with van der Waals surface area (Å²) in [6.07, 6.45) is 0. The number of benzene rings is 2. The molecule has 1 aliphatic heterocycles. The van der Waals surface area contributed by atoms with Crippen LogP contribution in [0, 0.1) is 15.9 Å². The van der Waals surface area contributed by atoms with Gasteiger partial charge in [0.25, 0.3) is 17.4 Å². The first kappa shape index (κ1) is 22.1. The lowest BCUT2D eigenvalue weighted by molar-refractivity contribution is -0.384. The van der Waals surface area contributed by atoms with Gasteiger partial charge in [0.1, 0.15) is 11.6 Å². The number of aliphatic hydroxyl groups excluding tert-OH is 2. The van der Waals surface area contributed by atoms with E-state index in [-0.39, 0.29) is 43.2 Å². The first-order valence-corrected chi connectivity index (χ1v) is 9.32. The lowest BCUT2D eigenvalue weighted by Crippen LogP contribution is -2.33. The normalized spacial score (nSPS) is 17.9. The van der Waals surface area contributed by atoms with Crippen LogP contribution >= 0.6 is 0 Å². The summed E-state index contributed by atoms with van der Waals surface area (Å²) in [5, 5.41) is 30.7. The Morgan fingerprint density at radius 2 is 1.87 bits per heavy atom. The summed E-state index contributed by atoms with van der Waals surface area (Å²) in [6, 6.07) is 9.08. The van der Waals surface area contributed by atoms with E-state index in [9.17, 15) is 29.2 Å². The third-order valence-electron chi connectivity index (χ3n) is 4.77. The van der Waals surface area contributed by atoms with Crippen molar-refractivity contribution in [3.63, 3.8) is 0 Å². The molecule has 0 unspecified atom stereocenters. The van der Waals surface area contributed by atoms with Crippen LogP contribution in [0.5, 0.6) is 0 Å². The van der Waals surface area contributed by atoms with E-state index in [1.807, 2.05) is 0 Å². The highest BCUT2D eigenvalue weighted by molar-refractivity contribution is 6.46. The van der Waals surface area contributed by atoms with Gasteiger partial charge in [-0.25, -0.2) is 4.39 Å². The highest BCUT2D eigenvalue weighted by Gasteiger charge is 2.46. The summed E-state index contributed by atoms with van der Waals surface area (Å²) in [5.74, 6) is -2.96. The van der Waals surface area contributed by atoms with Crippen molar-refractivity contribution < 1.29 is 33.9 Å². The smallest absolute Gasteiger partial charge is 0.295 e. The Labute approximate surface area is 176 Å². The molecule has 1 aliphatic rings. The van der Waals surface area contributed by atoms with Crippen molar-refractivity contribution in [3.05, 3.63) is 81.2 Å². The average Bonchev–Trinajstić information content (AvgIpc) is 3.01. The topological polar surface area (TPSA) is 130 Å². The molecule has 1 heterocycles. The predicted molar refractivity (Wildman–Crippen MR) is 106 cm³/mol. The van der Waals surface area contributed by atoms with Crippen molar-refractivity contribution in [2.45, 2.75) is 6.04 Å². The third kappa shape index (κ3) is 4.60. The van der Waals surface area contributed by atoms with Gasteiger partial charge in [-0.2, -0.15) is 0 Å².